The molecule has 1 atom stereocenters. The average molecular weight is 284 g/mol. The Kier molecular flexibility index (Phi) is 3.08. The van der Waals surface area contributed by atoms with Crippen LogP contribution in [0, 0.1) is 0 Å². The monoisotopic (exact) mass is 284 g/mol. The van der Waals surface area contributed by atoms with E-state index in [4.69, 9.17) is 9.47 Å². The van der Waals surface area contributed by atoms with Crippen LogP contribution in [0.2, 0.25) is 0 Å². The van der Waals surface area contributed by atoms with Crippen LogP contribution in [-0.2, 0) is 0 Å². The second-order valence-corrected chi connectivity index (χ2v) is 5.14. The van der Waals surface area contributed by atoms with Gasteiger partial charge in [-0.25, -0.2) is 9.97 Å². The van der Waals surface area contributed by atoms with Gasteiger partial charge in [0.25, 0.3) is 0 Å². The summed E-state index contributed by atoms with van der Waals surface area (Å²) in [6.45, 7) is 2.27. The van der Waals surface area contributed by atoms with Gasteiger partial charge in [-0.1, -0.05) is 6.07 Å². The van der Waals surface area contributed by atoms with Crippen LogP contribution in [0.1, 0.15) is 6.42 Å². The zero-order valence-corrected chi connectivity index (χ0v) is 11.5. The summed E-state index contributed by atoms with van der Waals surface area (Å²) in [4.78, 5) is 8.96. The standard InChI is InChI=1S/C15H16N4O2/c1-2-11(14-12(3-1)20-9-21-14)15-17-7-5-13(19-15)18-10-4-6-16-8-10/h1-3,5,7,10,16H,4,6,8-9H2,(H,17,18,19). The SMILES string of the molecule is c1cc2c(c(-c3nccc(NC4CCNC4)n3)c1)OCO2. The zero-order valence-electron chi connectivity index (χ0n) is 11.5. The highest BCUT2D eigenvalue weighted by Crippen LogP contribution is 2.39. The maximum Gasteiger partial charge on any atom is 0.231 e. The number of nitrogens with one attached hydrogen (secondary N) is 2. The Morgan fingerprint density at radius 3 is 3.14 bits per heavy atom. The third-order valence-electron chi connectivity index (χ3n) is 3.71. The lowest BCUT2D eigenvalue weighted by Crippen LogP contribution is -2.22. The molecule has 0 radical (unpaired) electrons. The van der Waals surface area contributed by atoms with Gasteiger partial charge in [0.05, 0.1) is 5.56 Å². The predicted molar refractivity (Wildman–Crippen MR) is 78.5 cm³/mol. The number of fused-ring (bicyclic) bond motifs is 1. The Bertz CT molecular complexity index is 656. The van der Waals surface area contributed by atoms with E-state index in [0.29, 0.717) is 11.9 Å². The van der Waals surface area contributed by atoms with Crippen molar-refractivity contribution in [1.82, 2.24) is 15.3 Å². The Labute approximate surface area is 122 Å². The number of hydrogen-bond donors (Lipinski definition) is 2. The summed E-state index contributed by atoms with van der Waals surface area (Å²) in [5.74, 6) is 2.95. The van der Waals surface area contributed by atoms with Gasteiger partial charge < -0.3 is 20.1 Å². The van der Waals surface area contributed by atoms with E-state index in [0.717, 1.165) is 42.4 Å². The van der Waals surface area contributed by atoms with Gasteiger partial charge in [0.1, 0.15) is 5.82 Å². The fraction of sp³-hybridized carbons (Fsp3) is 0.333. The quantitative estimate of drug-likeness (QED) is 0.893. The second-order valence-electron chi connectivity index (χ2n) is 5.14. The number of hydrogen-bond acceptors (Lipinski definition) is 6. The summed E-state index contributed by atoms with van der Waals surface area (Å²) in [6, 6.07) is 8.08. The van der Waals surface area contributed by atoms with E-state index in [9.17, 15) is 0 Å². The molecule has 2 aromatic rings. The van der Waals surface area contributed by atoms with Gasteiger partial charge in [-0.05, 0) is 31.2 Å². The molecule has 2 aliphatic heterocycles. The van der Waals surface area contributed by atoms with E-state index in [1.807, 2.05) is 24.3 Å². The van der Waals surface area contributed by atoms with Crippen LogP contribution in [0.5, 0.6) is 11.5 Å². The van der Waals surface area contributed by atoms with Crippen molar-refractivity contribution in [3.8, 4) is 22.9 Å². The molecule has 1 saturated heterocycles. The molecule has 1 unspecified atom stereocenters. The molecular weight excluding hydrogens is 268 g/mol. The predicted octanol–water partition coefficient (Wildman–Crippen LogP) is 1.65. The first-order chi connectivity index (χ1) is 10.4. The Balaban J connectivity index is 1.65. The van der Waals surface area contributed by atoms with Crippen molar-refractivity contribution in [2.45, 2.75) is 12.5 Å². The van der Waals surface area contributed by atoms with Gasteiger partial charge in [-0.15, -0.1) is 0 Å². The fourth-order valence-electron chi connectivity index (χ4n) is 2.66. The van der Waals surface area contributed by atoms with E-state index in [-0.39, 0.29) is 6.79 Å². The topological polar surface area (TPSA) is 68.3 Å². The minimum atomic E-state index is 0.248. The smallest absolute Gasteiger partial charge is 0.231 e. The Morgan fingerprint density at radius 1 is 1.24 bits per heavy atom. The van der Waals surface area contributed by atoms with Crippen molar-refractivity contribution in [1.29, 1.82) is 0 Å². The van der Waals surface area contributed by atoms with E-state index in [2.05, 4.69) is 20.6 Å². The number of rotatable bonds is 3. The zero-order chi connectivity index (χ0) is 14.1. The highest BCUT2D eigenvalue weighted by Gasteiger charge is 2.20. The van der Waals surface area contributed by atoms with Crippen molar-refractivity contribution in [3.63, 3.8) is 0 Å². The molecule has 0 aliphatic carbocycles. The summed E-state index contributed by atoms with van der Waals surface area (Å²) in [6.07, 6.45) is 2.87. The molecule has 0 spiro atoms. The summed E-state index contributed by atoms with van der Waals surface area (Å²) in [5.41, 5.74) is 0.859. The van der Waals surface area contributed by atoms with E-state index in [1.54, 1.807) is 6.20 Å². The molecule has 0 amide bonds. The summed E-state index contributed by atoms with van der Waals surface area (Å²) >= 11 is 0. The van der Waals surface area contributed by atoms with Crippen molar-refractivity contribution in [2.24, 2.45) is 0 Å². The first kappa shape index (κ1) is 12.4. The van der Waals surface area contributed by atoms with Crippen molar-refractivity contribution in [3.05, 3.63) is 30.5 Å². The molecule has 1 aromatic carbocycles. The molecule has 6 nitrogen and oxygen atoms in total. The number of ether oxygens (including phenoxy) is 2. The molecule has 1 aromatic heterocycles. The maximum atomic E-state index is 5.52. The van der Waals surface area contributed by atoms with Gasteiger partial charge in [-0.3, -0.25) is 0 Å². The van der Waals surface area contributed by atoms with Crippen LogP contribution in [0.15, 0.2) is 30.5 Å². The molecule has 0 saturated carbocycles. The molecule has 2 N–H and O–H groups in total. The molecule has 0 bridgehead atoms. The van der Waals surface area contributed by atoms with Gasteiger partial charge >= 0.3 is 0 Å². The normalized spacial score (nSPS) is 19.7. The van der Waals surface area contributed by atoms with Gasteiger partial charge in [0.2, 0.25) is 6.79 Å². The number of anilines is 1. The molecule has 2 aliphatic rings. The second kappa shape index (κ2) is 5.21. The fourth-order valence-corrected chi connectivity index (χ4v) is 2.66. The highest BCUT2D eigenvalue weighted by atomic mass is 16.7. The van der Waals surface area contributed by atoms with Crippen LogP contribution >= 0.6 is 0 Å². The summed E-state index contributed by atoms with van der Waals surface area (Å²) in [7, 11) is 0. The van der Waals surface area contributed by atoms with Crippen LogP contribution in [-0.4, -0.2) is 35.9 Å². The van der Waals surface area contributed by atoms with Gasteiger partial charge in [0.15, 0.2) is 17.3 Å². The average Bonchev–Trinajstić information content (AvgIpc) is 3.18. The first-order valence-electron chi connectivity index (χ1n) is 7.09. The molecule has 21 heavy (non-hydrogen) atoms. The minimum Gasteiger partial charge on any atom is -0.454 e. The van der Waals surface area contributed by atoms with Crippen LogP contribution < -0.4 is 20.1 Å². The largest absolute Gasteiger partial charge is 0.454 e. The lowest BCUT2D eigenvalue weighted by molar-refractivity contribution is 0.174. The van der Waals surface area contributed by atoms with Crippen molar-refractivity contribution in [2.75, 3.05) is 25.2 Å². The Hall–Kier alpha value is -2.34. The van der Waals surface area contributed by atoms with Crippen molar-refractivity contribution < 1.29 is 9.47 Å². The number of benzene rings is 1. The van der Waals surface area contributed by atoms with E-state index >= 15 is 0 Å². The third-order valence-corrected chi connectivity index (χ3v) is 3.71. The number of aromatic nitrogens is 2. The summed E-state index contributed by atoms with van der Waals surface area (Å²) < 4.78 is 10.9. The van der Waals surface area contributed by atoms with Crippen LogP contribution in [0.4, 0.5) is 5.82 Å². The number of para-hydroxylation sites is 1. The number of nitrogens with zero attached hydrogens (tertiary/aromatic N) is 2. The van der Waals surface area contributed by atoms with Gasteiger partial charge in [-0.2, -0.15) is 0 Å². The molecule has 1 fully saturated rings. The molecule has 108 valence electrons. The lowest BCUT2D eigenvalue weighted by Gasteiger charge is -2.12. The van der Waals surface area contributed by atoms with E-state index < -0.39 is 0 Å². The minimum absolute atomic E-state index is 0.248. The lowest BCUT2D eigenvalue weighted by atomic mass is 10.1. The maximum absolute atomic E-state index is 5.52. The third kappa shape index (κ3) is 2.38. The molecule has 3 heterocycles. The van der Waals surface area contributed by atoms with Crippen molar-refractivity contribution >= 4 is 5.82 Å². The Morgan fingerprint density at radius 2 is 2.24 bits per heavy atom. The van der Waals surface area contributed by atoms with Gasteiger partial charge in [0, 0.05) is 18.8 Å². The van der Waals surface area contributed by atoms with E-state index in [1.165, 1.54) is 0 Å². The molecule has 6 heteroatoms. The molecular formula is C15H16N4O2. The first-order valence-corrected chi connectivity index (χ1v) is 7.09. The summed E-state index contributed by atoms with van der Waals surface area (Å²) in [5, 5.41) is 6.76. The molecule has 4 rings (SSSR count). The van der Waals surface area contributed by atoms with Crippen LogP contribution in [0.25, 0.3) is 11.4 Å². The highest BCUT2D eigenvalue weighted by molar-refractivity contribution is 5.70. The van der Waals surface area contributed by atoms with Crippen LogP contribution in [0.3, 0.4) is 0 Å².